The summed E-state index contributed by atoms with van der Waals surface area (Å²) in [5.74, 6) is -1.05. The summed E-state index contributed by atoms with van der Waals surface area (Å²) in [6.45, 7) is 0.506. The zero-order valence-electron chi connectivity index (χ0n) is 13.5. The maximum absolute atomic E-state index is 12.9. The summed E-state index contributed by atoms with van der Waals surface area (Å²) >= 11 is 0. The lowest BCUT2D eigenvalue weighted by Gasteiger charge is -2.33. The van der Waals surface area contributed by atoms with Crippen LogP contribution in [-0.2, 0) is 19.6 Å². The summed E-state index contributed by atoms with van der Waals surface area (Å²) in [7, 11) is -3.77. The average molecular weight is 361 g/mol. The van der Waals surface area contributed by atoms with E-state index < -0.39 is 22.0 Å². The number of nitrogens with zero attached hydrogens (tertiary/aromatic N) is 1. The predicted octanol–water partition coefficient (Wildman–Crippen LogP) is 2.22. The lowest BCUT2D eigenvalue weighted by Crippen LogP contribution is -2.49. The van der Waals surface area contributed by atoms with E-state index in [-0.39, 0.29) is 31.1 Å². The summed E-state index contributed by atoms with van der Waals surface area (Å²) in [6, 6.07) is 15.6. The second kappa shape index (κ2) is 7.35. The SMILES string of the molecule is O=C(O)CC1COCCN1S(=O)(=O)c1ccc(-c2ccccc2)cc1. The van der Waals surface area contributed by atoms with Gasteiger partial charge in [0.15, 0.2) is 0 Å². The Labute approximate surface area is 146 Å². The van der Waals surface area contributed by atoms with Crippen molar-refractivity contribution in [2.75, 3.05) is 19.8 Å². The molecule has 132 valence electrons. The van der Waals surface area contributed by atoms with Gasteiger partial charge in [-0.2, -0.15) is 4.31 Å². The summed E-state index contributed by atoms with van der Waals surface area (Å²) in [6.07, 6.45) is -0.276. The van der Waals surface area contributed by atoms with E-state index in [1.807, 2.05) is 30.3 Å². The number of hydrogen-bond donors (Lipinski definition) is 1. The Hall–Kier alpha value is -2.22. The first-order chi connectivity index (χ1) is 12.0. The Morgan fingerprint density at radius 3 is 2.36 bits per heavy atom. The van der Waals surface area contributed by atoms with E-state index in [0.717, 1.165) is 11.1 Å². The summed E-state index contributed by atoms with van der Waals surface area (Å²) < 4.78 is 32.3. The second-order valence-electron chi connectivity index (χ2n) is 5.83. The van der Waals surface area contributed by atoms with E-state index in [4.69, 9.17) is 9.84 Å². The van der Waals surface area contributed by atoms with Crippen molar-refractivity contribution in [3.8, 4) is 11.1 Å². The topological polar surface area (TPSA) is 83.9 Å². The molecule has 1 N–H and O–H groups in total. The van der Waals surface area contributed by atoms with E-state index in [9.17, 15) is 13.2 Å². The van der Waals surface area contributed by atoms with Crippen LogP contribution in [0.5, 0.6) is 0 Å². The van der Waals surface area contributed by atoms with Gasteiger partial charge in [0.1, 0.15) is 0 Å². The van der Waals surface area contributed by atoms with Crippen LogP contribution in [0.25, 0.3) is 11.1 Å². The lowest BCUT2D eigenvalue weighted by atomic mass is 10.1. The minimum atomic E-state index is -3.77. The molecule has 1 unspecified atom stereocenters. The number of hydrogen-bond acceptors (Lipinski definition) is 4. The van der Waals surface area contributed by atoms with Crippen LogP contribution in [0.1, 0.15) is 6.42 Å². The molecule has 1 heterocycles. The van der Waals surface area contributed by atoms with Crippen LogP contribution in [0.4, 0.5) is 0 Å². The minimum Gasteiger partial charge on any atom is -0.481 e. The minimum absolute atomic E-state index is 0.0909. The van der Waals surface area contributed by atoms with Crippen LogP contribution in [0.2, 0.25) is 0 Å². The van der Waals surface area contributed by atoms with Gasteiger partial charge in [-0.05, 0) is 23.3 Å². The van der Waals surface area contributed by atoms with Gasteiger partial charge >= 0.3 is 5.97 Å². The van der Waals surface area contributed by atoms with Gasteiger partial charge in [-0.15, -0.1) is 0 Å². The van der Waals surface area contributed by atoms with Gasteiger partial charge in [0, 0.05) is 6.54 Å². The molecule has 7 heteroatoms. The Balaban J connectivity index is 1.87. The van der Waals surface area contributed by atoms with Crippen molar-refractivity contribution in [3.63, 3.8) is 0 Å². The highest BCUT2D eigenvalue weighted by Crippen LogP contribution is 2.25. The predicted molar refractivity (Wildman–Crippen MR) is 92.6 cm³/mol. The largest absolute Gasteiger partial charge is 0.481 e. The Kier molecular flexibility index (Phi) is 5.17. The highest BCUT2D eigenvalue weighted by molar-refractivity contribution is 7.89. The van der Waals surface area contributed by atoms with Crippen LogP contribution >= 0.6 is 0 Å². The molecule has 1 fully saturated rings. The van der Waals surface area contributed by atoms with E-state index in [0.29, 0.717) is 0 Å². The highest BCUT2D eigenvalue weighted by Gasteiger charge is 2.35. The van der Waals surface area contributed by atoms with E-state index in [1.165, 1.54) is 4.31 Å². The molecule has 0 radical (unpaired) electrons. The number of aliphatic carboxylic acids is 1. The first-order valence-corrected chi connectivity index (χ1v) is 9.39. The van der Waals surface area contributed by atoms with E-state index in [1.54, 1.807) is 24.3 Å². The molecule has 6 nitrogen and oxygen atoms in total. The fourth-order valence-electron chi connectivity index (χ4n) is 2.90. The molecule has 2 aromatic carbocycles. The average Bonchev–Trinajstić information content (AvgIpc) is 2.62. The third kappa shape index (κ3) is 3.89. The molecule has 1 atom stereocenters. The van der Waals surface area contributed by atoms with Crippen molar-refractivity contribution < 1.29 is 23.1 Å². The normalized spacial score (nSPS) is 18.8. The van der Waals surface area contributed by atoms with Gasteiger partial charge in [0.2, 0.25) is 10.0 Å². The van der Waals surface area contributed by atoms with Crippen LogP contribution in [0.15, 0.2) is 59.5 Å². The molecule has 0 spiro atoms. The van der Waals surface area contributed by atoms with Gasteiger partial charge in [-0.25, -0.2) is 8.42 Å². The summed E-state index contributed by atoms with van der Waals surface area (Å²) in [4.78, 5) is 11.2. The van der Waals surface area contributed by atoms with Crippen LogP contribution in [-0.4, -0.2) is 49.6 Å². The number of rotatable bonds is 5. The molecule has 2 aromatic rings. The second-order valence-corrected chi connectivity index (χ2v) is 7.72. The van der Waals surface area contributed by atoms with Crippen molar-refractivity contribution in [2.24, 2.45) is 0 Å². The maximum atomic E-state index is 12.9. The number of carboxylic acids is 1. The number of sulfonamides is 1. The van der Waals surface area contributed by atoms with Crippen LogP contribution in [0.3, 0.4) is 0 Å². The number of carbonyl (C=O) groups is 1. The molecule has 0 aromatic heterocycles. The molecule has 1 aliphatic heterocycles. The fourth-order valence-corrected chi connectivity index (χ4v) is 4.50. The molecule has 0 aliphatic carbocycles. The number of benzene rings is 2. The molecule has 25 heavy (non-hydrogen) atoms. The molecule has 0 saturated carbocycles. The van der Waals surface area contributed by atoms with Gasteiger partial charge < -0.3 is 9.84 Å². The number of morpholine rings is 1. The fraction of sp³-hybridized carbons (Fsp3) is 0.278. The first-order valence-electron chi connectivity index (χ1n) is 7.95. The van der Waals surface area contributed by atoms with Crippen molar-refractivity contribution in [2.45, 2.75) is 17.4 Å². The Bertz CT molecular complexity index is 834. The zero-order valence-corrected chi connectivity index (χ0v) is 14.4. The highest BCUT2D eigenvalue weighted by atomic mass is 32.2. The van der Waals surface area contributed by atoms with Crippen molar-refractivity contribution in [3.05, 3.63) is 54.6 Å². The zero-order chi connectivity index (χ0) is 17.9. The standard InChI is InChI=1S/C18H19NO5S/c20-18(21)12-16-13-24-11-10-19(16)25(22,23)17-8-6-15(7-9-17)14-4-2-1-3-5-14/h1-9,16H,10-13H2,(H,20,21). The number of carboxylic acid groups (broad SMARTS) is 1. The lowest BCUT2D eigenvalue weighted by molar-refractivity contribution is -0.139. The van der Waals surface area contributed by atoms with Crippen LogP contribution < -0.4 is 0 Å². The Morgan fingerprint density at radius 1 is 1.08 bits per heavy atom. The maximum Gasteiger partial charge on any atom is 0.305 e. The van der Waals surface area contributed by atoms with Crippen LogP contribution in [0, 0.1) is 0 Å². The van der Waals surface area contributed by atoms with Gasteiger partial charge in [0.05, 0.1) is 30.6 Å². The van der Waals surface area contributed by atoms with Crippen molar-refractivity contribution >= 4 is 16.0 Å². The molecule has 1 aliphatic rings. The summed E-state index contributed by atoms with van der Waals surface area (Å²) in [5, 5.41) is 9.01. The molecular formula is C18H19NO5S. The monoisotopic (exact) mass is 361 g/mol. The van der Waals surface area contributed by atoms with Crippen molar-refractivity contribution in [1.29, 1.82) is 0 Å². The molecule has 0 amide bonds. The third-order valence-corrected chi connectivity index (χ3v) is 6.12. The van der Waals surface area contributed by atoms with Gasteiger partial charge in [0.25, 0.3) is 0 Å². The first kappa shape index (κ1) is 17.6. The summed E-state index contributed by atoms with van der Waals surface area (Å²) in [5.41, 5.74) is 1.92. The van der Waals surface area contributed by atoms with E-state index >= 15 is 0 Å². The third-order valence-electron chi connectivity index (χ3n) is 4.15. The van der Waals surface area contributed by atoms with E-state index in [2.05, 4.69) is 0 Å². The molecule has 3 rings (SSSR count). The molecule has 0 bridgehead atoms. The van der Waals surface area contributed by atoms with Gasteiger partial charge in [-0.3, -0.25) is 4.79 Å². The van der Waals surface area contributed by atoms with Gasteiger partial charge in [-0.1, -0.05) is 42.5 Å². The van der Waals surface area contributed by atoms with Crippen molar-refractivity contribution in [1.82, 2.24) is 4.31 Å². The molecule has 1 saturated heterocycles. The smallest absolute Gasteiger partial charge is 0.305 e. The quantitative estimate of drug-likeness (QED) is 0.883. The Morgan fingerprint density at radius 2 is 1.72 bits per heavy atom. The number of ether oxygens (including phenoxy) is 1. The molecular weight excluding hydrogens is 342 g/mol.